The van der Waals surface area contributed by atoms with Crippen LogP contribution in [0.2, 0.25) is 0 Å². The summed E-state index contributed by atoms with van der Waals surface area (Å²) < 4.78 is 1.90. The molecule has 0 aliphatic carbocycles. The molecular weight excluding hydrogens is 318 g/mol. The molecule has 2 atom stereocenters. The summed E-state index contributed by atoms with van der Waals surface area (Å²) in [6, 6.07) is 9.44. The van der Waals surface area contributed by atoms with E-state index in [2.05, 4.69) is 10.3 Å². The molecule has 1 aromatic carbocycles. The van der Waals surface area contributed by atoms with Gasteiger partial charge in [-0.3, -0.25) is 14.5 Å². The maximum Gasteiger partial charge on any atom is 0.235 e. The Balaban J connectivity index is 1.70. The highest BCUT2D eigenvalue weighted by molar-refractivity contribution is 5.80. The van der Waals surface area contributed by atoms with Gasteiger partial charge in [-0.15, -0.1) is 0 Å². The number of carbonyl (C=O) groups excluding carboxylic acids is 2. The first kappa shape index (κ1) is 17.2. The lowest BCUT2D eigenvalue weighted by molar-refractivity contribution is -0.124. The highest BCUT2D eigenvalue weighted by atomic mass is 16.2. The van der Waals surface area contributed by atoms with Crippen LogP contribution in [0.5, 0.6) is 0 Å². The highest BCUT2D eigenvalue weighted by Gasteiger charge is 2.28. The standard InChI is InChI=1S/C18H23N5O2/c1-22-10-8-20-18(22)16(13-5-3-2-4-6-13)21-15(24)12-23-9-7-14(11-23)17(19)25/h2-6,8,10,14,16H,7,9,11-12H2,1H3,(H2,19,25)(H,21,24)/t14-,16-/m0/s1. The van der Waals surface area contributed by atoms with Crippen LogP contribution in [0.4, 0.5) is 0 Å². The lowest BCUT2D eigenvalue weighted by atomic mass is 10.1. The number of hydrogen-bond acceptors (Lipinski definition) is 4. The van der Waals surface area contributed by atoms with Crippen molar-refractivity contribution < 1.29 is 9.59 Å². The maximum atomic E-state index is 12.6. The number of amides is 2. The van der Waals surface area contributed by atoms with Crippen LogP contribution in [0.15, 0.2) is 42.7 Å². The van der Waals surface area contributed by atoms with Gasteiger partial charge in [0.15, 0.2) is 0 Å². The first-order valence-corrected chi connectivity index (χ1v) is 8.38. The van der Waals surface area contributed by atoms with Crippen molar-refractivity contribution in [2.75, 3.05) is 19.6 Å². The number of primary amides is 1. The van der Waals surface area contributed by atoms with Gasteiger partial charge in [0.05, 0.1) is 12.5 Å². The SMILES string of the molecule is Cn1ccnc1[C@@H](NC(=O)CN1CC[C@H](C(N)=O)C1)c1ccccc1. The molecule has 7 heteroatoms. The van der Waals surface area contributed by atoms with E-state index in [9.17, 15) is 9.59 Å². The molecule has 1 fully saturated rings. The van der Waals surface area contributed by atoms with E-state index in [0.717, 1.165) is 11.4 Å². The number of nitrogens with one attached hydrogen (secondary N) is 1. The van der Waals surface area contributed by atoms with Crippen LogP contribution in [0, 0.1) is 5.92 Å². The van der Waals surface area contributed by atoms with Gasteiger partial charge in [0.1, 0.15) is 11.9 Å². The van der Waals surface area contributed by atoms with Crippen LogP contribution in [-0.2, 0) is 16.6 Å². The fourth-order valence-corrected chi connectivity index (χ4v) is 3.22. The van der Waals surface area contributed by atoms with Gasteiger partial charge in [-0.2, -0.15) is 0 Å². The molecular formula is C18H23N5O2. The molecule has 25 heavy (non-hydrogen) atoms. The monoisotopic (exact) mass is 341 g/mol. The van der Waals surface area contributed by atoms with Crippen molar-refractivity contribution in [1.82, 2.24) is 19.8 Å². The lowest BCUT2D eigenvalue weighted by Crippen LogP contribution is -2.39. The van der Waals surface area contributed by atoms with Crippen LogP contribution in [0.3, 0.4) is 0 Å². The molecule has 0 bridgehead atoms. The third-order valence-electron chi connectivity index (χ3n) is 4.60. The summed E-state index contributed by atoms with van der Waals surface area (Å²) in [6.07, 6.45) is 4.29. The molecule has 132 valence electrons. The number of nitrogens with two attached hydrogens (primary N) is 1. The minimum Gasteiger partial charge on any atom is -0.369 e. The molecule has 7 nitrogen and oxygen atoms in total. The fourth-order valence-electron chi connectivity index (χ4n) is 3.22. The van der Waals surface area contributed by atoms with Gasteiger partial charge in [-0.05, 0) is 18.5 Å². The number of hydrogen-bond donors (Lipinski definition) is 2. The average molecular weight is 341 g/mol. The molecule has 3 rings (SSSR count). The topological polar surface area (TPSA) is 93.2 Å². The van der Waals surface area contributed by atoms with E-state index in [4.69, 9.17) is 5.73 Å². The normalized spacial score (nSPS) is 18.8. The van der Waals surface area contributed by atoms with Crippen LogP contribution in [0.25, 0.3) is 0 Å². The highest BCUT2D eigenvalue weighted by Crippen LogP contribution is 2.20. The summed E-state index contributed by atoms with van der Waals surface area (Å²) in [5.74, 6) is 0.225. The Morgan fingerprint density at radius 3 is 2.72 bits per heavy atom. The van der Waals surface area contributed by atoms with Crippen LogP contribution >= 0.6 is 0 Å². The van der Waals surface area contributed by atoms with E-state index < -0.39 is 0 Å². The van der Waals surface area contributed by atoms with Gasteiger partial charge >= 0.3 is 0 Å². The Hall–Kier alpha value is -2.67. The Morgan fingerprint density at radius 2 is 2.12 bits per heavy atom. The van der Waals surface area contributed by atoms with E-state index >= 15 is 0 Å². The Labute approximate surface area is 146 Å². The molecule has 2 aromatic rings. The molecule has 1 saturated heterocycles. The van der Waals surface area contributed by atoms with E-state index in [1.807, 2.05) is 53.0 Å². The Morgan fingerprint density at radius 1 is 1.36 bits per heavy atom. The van der Waals surface area contributed by atoms with Crippen molar-refractivity contribution in [1.29, 1.82) is 0 Å². The Kier molecular flexibility index (Phi) is 5.14. The second kappa shape index (κ2) is 7.48. The van der Waals surface area contributed by atoms with Crippen molar-refractivity contribution in [3.8, 4) is 0 Å². The van der Waals surface area contributed by atoms with Gasteiger partial charge in [-0.25, -0.2) is 4.98 Å². The largest absolute Gasteiger partial charge is 0.369 e. The zero-order valence-corrected chi connectivity index (χ0v) is 14.3. The van der Waals surface area contributed by atoms with Gasteiger partial charge in [0, 0.05) is 26.0 Å². The average Bonchev–Trinajstić information content (AvgIpc) is 3.23. The third kappa shape index (κ3) is 4.06. The zero-order valence-electron chi connectivity index (χ0n) is 14.3. The molecule has 0 saturated carbocycles. The summed E-state index contributed by atoms with van der Waals surface area (Å²) in [7, 11) is 1.91. The fraction of sp³-hybridized carbons (Fsp3) is 0.389. The zero-order chi connectivity index (χ0) is 17.8. The van der Waals surface area contributed by atoms with E-state index in [1.54, 1.807) is 6.20 Å². The van der Waals surface area contributed by atoms with Crippen molar-refractivity contribution in [2.24, 2.45) is 18.7 Å². The molecule has 1 aromatic heterocycles. The number of likely N-dealkylation sites (tertiary alicyclic amines) is 1. The number of nitrogens with zero attached hydrogens (tertiary/aromatic N) is 3. The number of imidazole rings is 1. The smallest absolute Gasteiger partial charge is 0.235 e. The first-order valence-electron chi connectivity index (χ1n) is 8.38. The Bertz CT molecular complexity index is 743. The molecule has 2 amide bonds. The van der Waals surface area contributed by atoms with Crippen molar-refractivity contribution in [3.63, 3.8) is 0 Å². The van der Waals surface area contributed by atoms with Crippen LogP contribution in [0.1, 0.15) is 23.9 Å². The molecule has 1 aliphatic heterocycles. The maximum absolute atomic E-state index is 12.6. The predicted octanol–water partition coefficient (Wildman–Crippen LogP) is 0.433. The van der Waals surface area contributed by atoms with Crippen molar-refractivity contribution in [3.05, 3.63) is 54.1 Å². The third-order valence-corrected chi connectivity index (χ3v) is 4.60. The van der Waals surface area contributed by atoms with Gasteiger partial charge in [0.2, 0.25) is 11.8 Å². The summed E-state index contributed by atoms with van der Waals surface area (Å²) in [6.45, 7) is 1.50. The summed E-state index contributed by atoms with van der Waals surface area (Å²) in [5.41, 5.74) is 6.32. The number of rotatable bonds is 6. The first-order chi connectivity index (χ1) is 12.0. The summed E-state index contributed by atoms with van der Waals surface area (Å²) in [5, 5.41) is 3.07. The molecule has 0 spiro atoms. The van der Waals surface area contributed by atoms with Gasteiger partial charge in [0.25, 0.3) is 0 Å². The summed E-state index contributed by atoms with van der Waals surface area (Å²) in [4.78, 5) is 30.2. The molecule has 0 unspecified atom stereocenters. The van der Waals surface area contributed by atoms with E-state index in [0.29, 0.717) is 19.5 Å². The van der Waals surface area contributed by atoms with E-state index in [1.165, 1.54) is 0 Å². The molecule has 2 heterocycles. The quantitative estimate of drug-likeness (QED) is 0.797. The lowest BCUT2D eigenvalue weighted by Gasteiger charge is -2.21. The van der Waals surface area contributed by atoms with Crippen molar-refractivity contribution in [2.45, 2.75) is 12.5 Å². The predicted molar refractivity (Wildman–Crippen MR) is 93.4 cm³/mol. The van der Waals surface area contributed by atoms with Crippen molar-refractivity contribution >= 4 is 11.8 Å². The van der Waals surface area contributed by atoms with Gasteiger partial charge < -0.3 is 15.6 Å². The molecule has 3 N–H and O–H groups in total. The van der Waals surface area contributed by atoms with Gasteiger partial charge in [-0.1, -0.05) is 30.3 Å². The molecule has 1 aliphatic rings. The van der Waals surface area contributed by atoms with Crippen LogP contribution in [-0.4, -0.2) is 45.9 Å². The second-order valence-electron chi connectivity index (χ2n) is 6.43. The van der Waals surface area contributed by atoms with E-state index in [-0.39, 0.29) is 30.3 Å². The number of carbonyl (C=O) groups is 2. The summed E-state index contributed by atoms with van der Waals surface area (Å²) >= 11 is 0. The number of benzene rings is 1. The number of aromatic nitrogens is 2. The minimum atomic E-state index is -0.316. The number of aryl methyl sites for hydroxylation is 1. The second-order valence-corrected chi connectivity index (χ2v) is 6.43. The molecule has 0 radical (unpaired) electrons. The minimum absolute atomic E-state index is 0.0954. The van der Waals surface area contributed by atoms with Crippen LogP contribution < -0.4 is 11.1 Å².